The fraction of sp³-hybridized carbons (Fsp3) is 0.192. The quantitative estimate of drug-likeness (QED) is 0.390. The Morgan fingerprint density at radius 3 is 2.34 bits per heavy atom. The predicted molar refractivity (Wildman–Crippen MR) is 128 cm³/mol. The number of benzene rings is 2. The van der Waals surface area contributed by atoms with Gasteiger partial charge in [-0.05, 0) is 56.8 Å². The van der Waals surface area contributed by atoms with Crippen molar-refractivity contribution in [2.45, 2.75) is 26.1 Å². The van der Waals surface area contributed by atoms with Crippen molar-refractivity contribution in [3.05, 3.63) is 102 Å². The fourth-order valence-corrected chi connectivity index (χ4v) is 3.52. The van der Waals surface area contributed by atoms with Crippen LogP contribution in [0.2, 0.25) is 0 Å². The van der Waals surface area contributed by atoms with Crippen molar-refractivity contribution in [2.24, 2.45) is 0 Å². The summed E-state index contributed by atoms with van der Waals surface area (Å²) >= 11 is 0. The molecule has 2 rings (SSSR count). The van der Waals surface area contributed by atoms with Crippen LogP contribution in [0.15, 0.2) is 84.9 Å². The van der Waals surface area contributed by atoms with Crippen LogP contribution in [0.1, 0.15) is 36.6 Å². The van der Waals surface area contributed by atoms with Gasteiger partial charge in [-0.3, -0.25) is 19.4 Å². The van der Waals surface area contributed by atoms with Crippen LogP contribution >= 0.6 is 0 Å². The fourth-order valence-electron chi connectivity index (χ4n) is 3.52. The van der Waals surface area contributed by atoms with E-state index in [9.17, 15) is 22.8 Å². The van der Waals surface area contributed by atoms with Crippen LogP contribution in [0, 0.1) is 11.3 Å². The van der Waals surface area contributed by atoms with E-state index in [1.165, 1.54) is 36.4 Å². The first-order valence-electron chi connectivity index (χ1n) is 10.5. The highest BCUT2D eigenvalue weighted by Gasteiger charge is 2.32. The van der Waals surface area contributed by atoms with Crippen LogP contribution in [0.25, 0.3) is 0 Å². The summed E-state index contributed by atoms with van der Waals surface area (Å²) in [5, 5.41) is 12.1. The largest absolute Gasteiger partial charge is 0.416 e. The van der Waals surface area contributed by atoms with Gasteiger partial charge in [0.2, 0.25) is 6.41 Å². The zero-order chi connectivity index (χ0) is 26.2. The number of allylic oxidation sites excluding steroid dienone is 2. The number of halogens is 3. The SMILES string of the molecule is C=CN(/C=C\C)C(=O)/C(=C(\C)N(C=O)c1cccc(C(F)(F)F)c1)C(NC)c1ccc(C#N)cc1. The number of hydrogen-bond donors (Lipinski definition) is 1. The van der Waals surface area contributed by atoms with E-state index in [1.54, 1.807) is 44.3 Å². The van der Waals surface area contributed by atoms with Gasteiger partial charge < -0.3 is 5.32 Å². The Bertz CT molecular complexity index is 1180. The number of nitrogens with one attached hydrogen (secondary N) is 1. The van der Waals surface area contributed by atoms with Gasteiger partial charge in [-0.25, -0.2) is 0 Å². The van der Waals surface area contributed by atoms with Gasteiger partial charge in [-0.1, -0.05) is 30.9 Å². The summed E-state index contributed by atoms with van der Waals surface area (Å²) in [6.07, 6.45) is 0.132. The molecule has 2 amide bonds. The number of carbonyl (C=O) groups excluding carboxylic acids is 2. The lowest BCUT2D eigenvalue weighted by Crippen LogP contribution is -2.34. The molecule has 0 aliphatic heterocycles. The molecule has 9 heteroatoms. The standard InChI is InChI=1S/C26H25F3N4O2/c1-5-14-32(6-2)25(35)23(24(31-4)20-12-10-19(16-30)11-13-20)18(3)33(17-34)22-9-7-8-21(15-22)26(27,28)29/h5-15,17,24,31H,2H2,1,3-4H3/b14-5-,23-18+. The van der Waals surface area contributed by atoms with E-state index >= 15 is 0 Å². The molecule has 2 aromatic carbocycles. The molecule has 0 aliphatic rings. The van der Waals surface area contributed by atoms with Gasteiger partial charge in [0.05, 0.1) is 28.8 Å². The van der Waals surface area contributed by atoms with Crippen molar-refractivity contribution in [3.8, 4) is 6.07 Å². The Balaban J connectivity index is 2.78. The minimum atomic E-state index is -4.61. The maximum Gasteiger partial charge on any atom is 0.416 e. The number of amides is 2. The minimum Gasteiger partial charge on any atom is -0.309 e. The second-order valence-electron chi connectivity index (χ2n) is 7.36. The number of likely N-dealkylation sites (N-methyl/N-ethyl adjacent to an activating group) is 1. The molecule has 0 aromatic heterocycles. The maximum atomic E-state index is 13.6. The summed E-state index contributed by atoms with van der Waals surface area (Å²) < 4.78 is 39.9. The number of alkyl halides is 3. The minimum absolute atomic E-state index is 0.0523. The highest BCUT2D eigenvalue weighted by atomic mass is 19.4. The topological polar surface area (TPSA) is 76.4 Å². The molecule has 0 saturated carbocycles. The molecule has 1 unspecified atom stereocenters. The molecule has 0 fully saturated rings. The van der Waals surface area contributed by atoms with Crippen LogP contribution < -0.4 is 10.2 Å². The first-order chi connectivity index (χ1) is 16.6. The molecule has 0 spiro atoms. The number of anilines is 1. The zero-order valence-electron chi connectivity index (χ0n) is 19.5. The van der Waals surface area contributed by atoms with E-state index < -0.39 is 23.7 Å². The number of nitrogens with zero attached hydrogens (tertiary/aromatic N) is 3. The number of hydrogen-bond acceptors (Lipinski definition) is 4. The van der Waals surface area contributed by atoms with E-state index in [1.807, 2.05) is 6.07 Å². The summed E-state index contributed by atoms with van der Waals surface area (Å²) in [6, 6.07) is 12.0. The van der Waals surface area contributed by atoms with Gasteiger partial charge in [-0.2, -0.15) is 18.4 Å². The number of rotatable bonds is 9. The lowest BCUT2D eigenvalue weighted by molar-refractivity contribution is -0.137. The molecule has 0 aliphatic carbocycles. The number of nitriles is 1. The van der Waals surface area contributed by atoms with Crippen LogP contribution in [-0.4, -0.2) is 24.3 Å². The molecule has 0 saturated heterocycles. The third-order valence-electron chi connectivity index (χ3n) is 5.23. The third-order valence-corrected chi connectivity index (χ3v) is 5.23. The summed E-state index contributed by atoms with van der Waals surface area (Å²) in [5.74, 6) is -0.543. The first kappa shape index (κ1) is 27.1. The molecule has 35 heavy (non-hydrogen) atoms. The van der Waals surface area contributed by atoms with Crippen molar-refractivity contribution in [1.82, 2.24) is 10.2 Å². The zero-order valence-corrected chi connectivity index (χ0v) is 19.5. The van der Waals surface area contributed by atoms with Crippen molar-refractivity contribution < 1.29 is 22.8 Å². The van der Waals surface area contributed by atoms with Gasteiger partial charge in [-0.15, -0.1) is 0 Å². The highest BCUT2D eigenvalue weighted by molar-refractivity contribution is 5.99. The van der Waals surface area contributed by atoms with E-state index in [-0.39, 0.29) is 17.0 Å². The Morgan fingerprint density at radius 1 is 1.20 bits per heavy atom. The van der Waals surface area contributed by atoms with E-state index in [0.717, 1.165) is 17.0 Å². The molecule has 0 radical (unpaired) electrons. The molecule has 0 bridgehead atoms. The van der Waals surface area contributed by atoms with Crippen LogP contribution in [-0.2, 0) is 15.8 Å². The summed E-state index contributed by atoms with van der Waals surface area (Å²) in [4.78, 5) is 27.9. The molecule has 6 nitrogen and oxygen atoms in total. The molecule has 1 atom stereocenters. The Morgan fingerprint density at radius 2 is 1.86 bits per heavy atom. The average Bonchev–Trinajstić information content (AvgIpc) is 2.85. The molecule has 2 aromatic rings. The van der Waals surface area contributed by atoms with Crippen molar-refractivity contribution >= 4 is 18.0 Å². The van der Waals surface area contributed by atoms with Crippen molar-refractivity contribution in [1.29, 1.82) is 5.26 Å². The van der Waals surface area contributed by atoms with Crippen LogP contribution in [0.3, 0.4) is 0 Å². The van der Waals surface area contributed by atoms with E-state index in [0.29, 0.717) is 17.5 Å². The smallest absolute Gasteiger partial charge is 0.309 e. The molecule has 182 valence electrons. The molecular formula is C26H25F3N4O2. The van der Waals surface area contributed by atoms with Crippen LogP contribution in [0.4, 0.5) is 18.9 Å². The normalized spacial score (nSPS) is 12.9. The predicted octanol–water partition coefficient (Wildman–Crippen LogP) is 5.28. The summed E-state index contributed by atoms with van der Waals surface area (Å²) in [6.45, 7) is 6.84. The van der Waals surface area contributed by atoms with Crippen LogP contribution in [0.5, 0.6) is 0 Å². The number of carbonyl (C=O) groups is 2. The Labute approximate surface area is 202 Å². The van der Waals surface area contributed by atoms with Gasteiger partial charge in [0, 0.05) is 23.8 Å². The van der Waals surface area contributed by atoms with Gasteiger partial charge >= 0.3 is 6.18 Å². The molecule has 0 heterocycles. The monoisotopic (exact) mass is 482 g/mol. The molecule has 1 N–H and O–H groups in total. The van der Waals surface area contributed by atoms with Crippen molar-refractivity contribution in [2.75, 3.05) is 11.9 Å². The maximum absolute atomic E-state index is 13.6. The van der Waals surface area contributed by atoms with Gasteiger partial charge in [0.25, 0.3) is 5.91 Å². The van der Waals surface area contributed by atoms with Gasteiger partial charge in [0.15, 0.2) is 0 Å². The van der Waals surface area contributed by atoms with E-state index in [4.69, 9.17) is 5.26 Å². The average molecular weight is 483 g/mol. The highest BCUT2D eigenvalue weighted by Crippen LogP contribution is 2.34. The third kappa shape index (κ3) is 6.25. The second-order valence-corrected chi connectivity index (χ2v) is 7.36. The van der Waals surface area contributed by atoms with Crippen molar-refractivity contribution in [3.63, 3.8) is 0 Å². The summed E-state index contributed by atoms with van der Waals surface area (Å²) in [5.41, 5.74) is 0.250. The lowest BCUT2D eigenvalue weighted by atomic mass is 9.94. The lowest BCUT2D eigenvalue weighted by Gasteiger charge is -2.29. The first-order valence-corrected chi connectivity index (χ1v) is 10.5. The second kappa shape index (κ2) is 11.8. The molecular weight excluding hydrogens is 457 g/mol. The Kier molecular flexibility index (Phi) is 9.14. The Hall–Kier alpha value is -4.16. The summed E-state index contributed by atoms with van der Waals surface area (Å²) in [7, 11) is 1.60. The van der Waals surface area contributed by atoms with Gasteiger partial charge in [0.1, 0.15) is 0 Å². The van der Waals surface area contributed by atoms with E-state index in [2.05, 4.69) is 11.9 Å².